The number of amides is 4. The fourth-order valence-corrected chi connectivity index (χ4v) is 4.73. The van der Waals surface area contributed by atoms with Gasteiger partial charge in [0.05, 0.1) is 12.1 Å². The Kier molecular flexibility index (Phi) is 12.7. The molecule has 1 saturated heterocycles. The van der Waals surface area contributed by atoms with Crippen LogP contribution < -0.4 is 16.0 Å². The largest absolute Gasteiger partial charge is 0.445 e. The van der Waals surface area contributed by atoms with Gasteiger partial charge in [-0.3, -0.25) is 14.6 Å². The molecule has 0 bridgehead atoms. The number of β-amino-alcohol motifs (C(OH)–C–C–N with tert-alkyl or cyclic N) is 1. The molecule has 4 N–H and O–H groups in total. The summed E-state index contributed by atoms with van der Waals surface area (Å²) in [4.78, 5) is 57.0. The number of pyridine rings is 1. The van der Waals surface area contributed by atoms with Crippen molar-refractivity contribution in [3.63, 3.8) is 0 Å². The van der Waals surface area contributed by atoms with Gasteiger partial charge in [-0.15, -0.1) is 0 Å². The third-order valence-corrected chi connectivity index (χ3v) is 6.85. The van der Waals surface area contributed by atoms with Gasteiger partial charge in [-0.1, -0.05) is 64.1 Å². The van der Waals surface area contributed by atoms with Gasteiger partial charge in [0.15, 0.2) is 0 Å². The van der Waals surface area contributed by atoms with E-state index in [-0.39, 0.29) is 44.0 Å². The molecule has 2 unspecified atom stereocenters. The third-order valence-electron chi connectivity index (χ3n) is 6.85. The molecule has 12 heteroatoms. The maximum Gasteiger partial charge on any atom is 0.408 e. The van der Waals surface area contributed by atoms with E-state index in [4.69, 9.17) is 9.47 Å². The van der Waals surface area contributed by atoms with E-state index in [1.807, 2.05) is 58.0 Å². The molecule has 1 fully saturated rings. The number of likely N-dealkylation sites (tertiary alicyclic amines) is 1. The quantitative estimate of drug-likeness (QED) is 0.274. The zero-order valence-electron chi connectivity index (χ0n) is 25.2. The van der Waals surface area contributed by atoms with Crippen LogP contribution in [-0.2, 0) is 32.3 Å². The van der Waals surface area contributed by atoms with Crippen molar-refractivity contribution in [3.8, 4) is 0 Å². The Labute approximate surface area is 252 Å². The number of rotatable bonds is 13. The van der Waals surface area contributed by atoms with Crippen LogP contribution in [0.4, 0.5) is 9.59 Å². The first kappa shape index (κ1) is 33.3. The predicted molar refractivity (Wildman–Crippen MR) is 158 cm³/mol. The summed E-state index contributed by atoms with van der Waals surface area (Å²) in [6.07, 6.45) is 1.40. The highest BCUT2D eigenvalue weighted by molar-refractivity contribution is 5.87. The Balaban J connectivity index is 1.56. The lowest BCUT2D eigenvalue weighted by molar-refractivity contribution is -0.133. The number of alkyl carbamates (subject to hydrolysis) is 2. The van der Waals surface area contributed by atoms with E-state index in [2.05, 4.69) is 20.9 Å². The van der Waals surface area contributed by atoms with E-state index >= 15 is 0 Å². The van der Waals surface area contributed by atoms with E-state index in [1.165, 1.54) is 4.90 Å². The smallest absolute Gasteiger partial charge is 0.408 e. The van der Waals surface area contributed by atoms with Crippen molar-refractivity contribution in [2.45, 2.75) is 78.0 Å². The van der Waals surface area contributed by atoms with Gasteiger partial charge in [0.2, 0.25) is 11.8 Å². The second kappa shape index (κ2) is 16.4. The molecule has 234 valence electrons. The molecule has 1 aliphatic heterocycles. The van der Waals surface area contributed by atoms with Crippen molar-refractivity contribution in [3.05, 3.63) is 66.0 Å². The summed E-state index contributed by atoms with van der Waals surface area (Å²) in [5.41, 5.74) is 1.52. The number of hydrogen-bond acceptors (Lipinski definition) is 8. The van der Waals surface area contributed by atoms with Crippen molar-refractivity contribution in [2.24, 2.45) is 11.8 Å². The number of aliphatic hydroxyl groups excluding tert-OH is 1. The minimum absolute atomic E-state index is 0.00414. The van der Waals surface area contributed by atoms with Gasteiger partial charge < -0.3 is 35.4 Å². The molecular formula is C31H43N5O7. The average Bonchev–Trinajstić information content (AvgIpc) is 3.34. The fraction of sp³-hybridized carbons (Fsp3) is 0.516. The molecule has 0 saturated carbocycles. The van der Waals surface area contributed by atoms with Crippen molar-refractivity contribution in [1.82, 2.24) is 25.8 Å². The minimum Gasteiger partial charge on any atom is -0.445 e. The Morgan fingerprint density at radius 3 is 2.05 bits per heavy atom. The van der Waals surface area contributed by atoms with Crippen LogP contribution in [0.25, 0.3) is 0 Å². The first-order valence-corrected chi connectivity index (χ1v) is 14.6. The van der Waals surface area contributed by atoms with Crippen LogP contribution in [0, 0.1) is 11.8 Å². The van der Waals surface area contributed by atoms with Gasteiger partial charge >= 0.3 is 12.2 Å². The molecule has 12 nitrogen and oxygen atoms in total. The molecule has 2 aromatic rings. The van der Waals surface area contributed by atoms with Crippen molar-refractivity contribution in [2.75, 3.05) is 13.1 Å². The van der Waals surface area contributed by atoms with E-state index in [9.17, 15) is 24.3 Å². The number of hydrogen-bond donors (Lipinski definition) is 4. The number of ether oxygens (including phenoxy) is 2. The standard InChI is InChI=1S/C31H43N5O7/c1-20(2)13-24(34-30(40)42-18-22-9-6-5-7-10-22)28(38)33-26-16-36(17-27(26)37)29(39)25(14-21(3)4)35-31(41)43-19-23-11-8-12-32-15-23/h5-12,15,20-21,24-27,37H,13-14,16-19H2,1-4H3,(H,33,38)(H,34,40)(H,35,41)/t24-,25-,26?,27?/m0/s1. The lowest BCUT2D eigenvalue weighted by atomic mass is 10.0. The van der Waals surface area contributed by atoms with Crippen molar-refractivity contribution in [1.29, 1.82) is 0 Å². The van der Waals surface area contributed by atoms with Crippen LogP contribution >= 0.6 is 0 Å². The van der Waals surface area contributed by atoms with Gasteiger partial charge in [0.1, 0.15) is 25.3 Å². The number of carbonyl (C=O) groups is 4. The summed E-state index contributed by atoms with van der Waals surface area (Å²) in [6.45, 7) is 7.78. The van der Waals surface area contributed by atoms with Crippen LogP contribution in [0.3, 0.4) is 0 Å². The molecule has 0 aliphatic carbocycles. The number of aliphatic hydroxyl groups is 1. The highest BCUT2D eigenvalue weighted by atomic mass is 16.6. The van der Waals surface area contributed by atoms with Crippen molar-refractivity contribution < 1.29 is 33.8 Å². The van der Waals surface area contributed by atoms with Crippen LogP contribution in [-0.4, -0.2) is 76.3 Å². The lowest BCUT2D eigenvalue weighted by Gasteiger charge is -2.26. The maximum atomic E-state index is 13.4. The van der Waals surface area contributed by atoms with Crippen LogP contribution in [0.5, 0.6) is 0 Å². The Hall–Kier alpha value is -4.19. The molecular weight excluding hydrogens is 554 g/mol. The van der Waals surface area contributed by atoms with Crippen LogP contribution in [0.15, 0.2) is 54.9 Å². The molecule has 0 radical (unpaired) electrons. The molecule has 1 aromatic heterocycles. The number of aromatic nitrogens is 1. The highest BCUT2D eigenvalue weighted by Gasteiger charge is 2.39. The number of nitrogens with one attached hydrogen (secondary N) is 3. The van der Waals surface area contributed by atoms with Gasteiger partial charge in [-0.2, -0.15) is 0 Å². The molecule has 0 spiro atoms. The first-order valence-electron chi connectivity index (χ1n) is 14.6. The summed E-state index contributed by atoms with van der Waals surface area (Å²) in [7, 11) is 0. The summed E-state index contributed by atoms with van der Waals surface area (Å²) < 4.78 is 10.5. The molecule has 2 heterocycles. The van der Waals surface area contributed by atoms with Crippen LogP contribution in [0.1, 0.15) is 51.7 Å². The summed E-state index contributed by atoms with van der Waals surface area (Å²) in [6, 6.07) is 10.2. The summed E-state index contributed by atoms with van der Waals surface area (Å²) in [5, 5.41) is 18.8. The third kappa shape index (κ3) is 11.2. The van der Waals surface area contributed by atoms with E-state index in [0.717, 1.165) is 5.56 Å². The van der Waals surface area contributed by atoms with E-state index in [0.29, 0.717) is 18.4 Å². The summed E-state index contributed by atoms with van der Waals surface area (Å²) in [5.74, 6) is -0.707. The Morgan fingerprint density at radius 1 is 0.860 bits per heavy atom. The van der Waals surface area contributed by atoms with E-state index < -0.39 is 42.3 Å². The zero-order chi connectivity index (χ0) is 31.4. The minimum atomic E-state index is -1.03. The fourth-order valence-electron chi connectivity index (χ4n) is 4.73. The lowest BCUT2D eigenvalue weighted by Crippen LogP contribution is -2.53. The summed E-state index contributed by atoms with van der Waals surface area (Å²) >= 11 is 0. The van der Waals surface area contributed by atoms with Crippen molar-refractivity contribution >= 4 is 24.0 Å². The molecule has 3 rings (SSSR count). The second-order valence-electron chi connectivity index (χ2n) is 11.6. The molecule has 1 aliphatic rings. The van der Waals surface area contributed by atoms with Gasteiger partial charge in [-0.05, 0) is 36.3 Å². The first-order chi connectivity index (χ1) is 20.5. The van der Waals surface area contributed by atoms with Gasteiger partial charge in [0, 0.05) is 31.0 Å². The SMILES string of the molecule is CC(C)C[C@H](NC(=O)OCc1ccccc1)C(=O)NC1CN(C(=O)[C@H](CC(C)C)NC(=O)OCc2cccnc2)CC1O. The highest BCUT2D eigenvalue weighted by Crippen LogP contribution is 2.16. The normalized spacial score (nSPS) is 17.7. The van der Waals surface area contributed by atoms with Gasteiger partial charge in [-0.25, -0.2) is 9.59 Å². The monoisotopic (exact) mass is 597 g/mol. The van der Waals surface area contributed by atoms with Gasteiger partial charge in [0.25, 0.3) is 0 Å². The molecule has 4 atom stereocenters. The topological polar surface area (TPSA) is 159 Å². The van der Waals surface area contributed by atoms with E-state index in [1.54, 1.807) is 24.5 Å². The zero-order valence-corrected chi connectivity index (χ0v) is 25.2. The number of nitrogens with zero attached hydrogens (tertiary/aromatic N) is 2. The Morgan fingerprint density at radius 2 is 1.44 bits per heavy atom. The Bertz CT molecular complexity index is 1200. The molecule has 1 aromatic carbocycles. The maximum absolute atomic E-state index is 13.4. The molecule has 4 amide bonds. The second-order valence-corrected chi connectivity index (χ2v) is 11.6. The number of carbonyl (C=O) groups excluding carboxylic acids is 4. The molecule has 43 heavy (non-hydrogen) atoms. The predicted octanol–water partition coefficient (Wildman–Crippen LogP) is 2.75. The average molecular weight is 598 g/mol. The van der Waals surface area contributed by atoms with Crippen LogP contribution in [0.2, 0.25) is 0 Å². The number of benzene rings is 1.